The van der Waals surface area contributed by atoms with Crippen molar-refractivity contribution in [2.45, 2.75) is 45.7 Å². The Morgan fingerprint density at radius 2 is 2.27 bits per heavy atom. The average Bonchev–Trinajstić information content (AvgIpc) is 2.67. The van der Waals surface area contributed by atoms with E-state index in [1.165, 1.54) is 37.4 Å². The van der Waals surface area contributed by atoms with Crippen molar-refractivity contribution in [1.82, 2.24) is 10.2 Å². The van der Waals surface area contributed by atoms with Gasteiger partial charge in [-0.05, 0) is 37.8 Å². The van der Waals surface area contributed by atoms with Crippen LogP contribution in [0.2, 0.25) is 0 Å². The van der Waals surface area contributed by atoms with Gasteiger partial charge in [-0.3, -0.25) is 4.90 Å². The lowest BCUT2D eigenvalue weighted by Gasteiger charge is -2.24. The summed E-state index contributed by atoms with van der Waals surface area (Å²) >= 11 is 2.06. The molecule has 1 rings (SSSR count). The van der Waals surface area contributed by atoms with Gasteiger partial charge in [0.2, 0.25) is 0 Å². The zero-order chi connectivity index (χ0) is 11.1. The number of hydrogen-bond acceptors (Lipinski definition) is 3. The van der Waals surface area contributed by atoms with Crippen molar-refractivity contribution in [3.05, 3.63) is 0 Å². The zero-order valence-corrected chi connectivity index (χ0v) is 11.3. The van der Waals surface area contributed by atoms with Crippen LogP contribution in [0, 0.1) is 0 Å². The van der Waals surface area contributed by atoms with Crippen LogP contribution in [0.3, 0.4) is 0 Å². The summed E-state index contributed by atoms with van der Waals surface area (Å²) in [6, 6.07) is 1.52. The van der Waals surface area contributed by atoms with Crippen LogP contribution in [0.1, 0.15) is 33.6 Å². The molecule has 0 radical (unpaired) electrons. The molecule has 0 amide bonds. The van der Waals surface area contributed by atoms with Gasteiger partial charge in [0, 0.05) is 25.2 Å². The minimum atomic E-state index is 0.747. The fraction of sp³-hybridized carbons (Fsp3) is 1.00. The molecule has 1 saturated heterocycles. The molecule has 1 aliphatic heterocycles. The van der Waals surface area contributed by atoms with Gasteiger partial charge in [-0.25, -0.2) is 0 Å². The Labute approximate surface area is 99.2 Å². The van der Waals surface area contributed by atoms with Crippen molar-refractivity contribution in [1.29, 1.82) is 0 Å². The first-order valence-electron chi connectivity index (χ1n) is 6.33. The maximum Gasteiger partial charge on any atom is 0.0207 e. The molecule has 0 saturated carbocycles. The van der Waals surface area contributed by atoms with Crippen molar-refractivity contribution in [3.63, 3.8) is 0 Å². The summed E-state index contributed by atoms with van der Waals surface area (Å²) in [5, 5.41) is 3.55. The maximum absolute atomic E-state index is 3.55. The topological polar surface area (TPSA) is 15.3 Å². The highest BCUT2D eigenvalue weighted by Crippen LogP contribution is 2.16. The van der Waals surface area contributed by atoms with E-state index < -0.39 is 0 Å². The first kappa shape index (κ1) is 13.3. The third kappa shape index (κ3) is 4.75. The molecule has 2 unspecified atom stereocenters. The van der Waals surface area contributed by atoms with Gasteiger partial charge in [0.05, 0.1) is 0 Å². The SMILES string of the molecule is CCNC1CCN(C(C)CCSCC)C1. The van der Waals surface area contributed by atoms with Crippen molar-refractivity contribution >= 4 is 11.8 Å². The zero-order valence-electron chi connectivity index (χ0n) is 10.5. The van der Waals surface area contributed by atoms with Crippen molar-refractivity contribution in [2.24, 2.45) is 0 Å². The summed E-state index contributed by atoms with van der Waals surface area (Å²) in [6.45, 7) is 10.5. The van der Waals surface area contributed by atoms with E-state index in [2.05, 4.69) is 42.7 Å². The first-order chi connectivity index (χ1) is 7.27. The third-order valence-electron chi connectivity index (χ3n) is 3.22. The molecule has 3 heteroatoms. The third-order valence-corrected chi connectivity index (χ3v) is 4.15. The summed E-state index contributed by atoms with van der Waals surface area (Å²) < 4.78 is 0. The summed E-state index contributed by atoms with van der Waals surface area (Å²) in [6.07, 6.45) is 2.68. The van der Waals surface area contributed by atoms with Crippen LogP contribution >= 0.6 is 11.8 Å². The van der Waals surface area contributed by atoms with Crippen LogP contribution in [-0.2, 0) is 0 Å². The average molecular weight is 230 g/mol. The second-order valence-electron chi connectivity index (χ2n) is 4.37. The number of likely N-dealkylation sites (tertiary alicyclic amines) is 1. The molecule has 0 aromatic rings. The normalized spacial score (nSPS) is 24.6. The molecule has 1 fully saturated rings. The van der Waals surface area contributed by atoms with Crippen molar-refractivity contribution in [3.8, 4) is 0 Å². The molecule has 0 bridgehead atoms. The maximum atomic E-state index is 3.55. The lowest BCUT2D eigenvalue weighted by Crippen LogP contribution is -2.36. The van der Waals surface area contributed by atoms with Gasteiger partial charge in [-0.2, -0.15) is 11.8 Å². The highest BCUT2D eigenvalue weighted by molar-refractivity contribution is 7.99. The van der Waals surface area contributed by atoms with Gasteiger partial charge < -0.3 is 5.32 Å². The Morgan fingerprint density at radius 3 is 2.93 bits per heavy atom. The smallest absolute Gasteiger partial charge is 0.0207 e. The molecule has 1 N–H and O–H groups in total. The van der Waals surface area contributed by atoms with E-state index in [-0.39, 0.29) is 0 Å². The van der Waals surface area contributed by atoms with E-state index in [1.807, 2.05) is 0 Å². The second kappa shape index (κ2) is 7.53. The number of rotatable bonds is 7. The fourth-order valence-electron chi connectivity index (χ4n) is 2.22. The van der Waals surface area contributed by atoms with E-state index >= 15 is 0 Å². The van der Waals surface area contributed by atoms with Crippen LogP contribution in [0.4, 0.5) is 0 Å². The highest BCUT2D eigenvalue weighted by atomic mass is 32.2. The van der Waals surface area contributed by atoms with E-state index in [9.17, 15) is 0 Å². The van der Waals surface area contributed by atoms with E-state index in [4.69, 9.17) is 0 Å². The van der Waals surface area contributed by atoms with Crippen LogP contribution in [0.25, 0.3) is 0 Å². The summed E-state index contributed by atoms with van der Waals surface area (Å²) in [4.78, 5) is 2.64. The standard InChI is InChI=1S/C12H26N2S/c1-4-13-12-6-8-14(10-12)11(3)7-9-15-5-2/h11-13H,4-10H2,1-3H3. The molecular weight excluding hydrogens is 204 g/mol. The second-order valence-corrected chi connectivity index (χ2v) is 5.77. The van der Waals surface area contributed by atoms with Gasteiger partial charge in [0.1, 0.15) is 0 Å². The Bertz CT molecular complexity index is 164. The summed E-state index contributed by atoms with van der Waals surface area (Å²) in [5.41, 5.74) is 0. The number of nitrogens with one attached hydrogen (secondary N) is 1. The molecule has 2 atom stereocenters. The van der Waals surface area contributed by atoms with Crippen LogP contribution < -0.4 is 5.32 Å². The molecule has 15 heavy (non-hydrogen) atoms. The molecule has 2 nitrogen and oxygen atoms in total. The minimum absolute atomic E-state index is 0.747. The van der Waals surface area contributed by atoms with E-state index in [1.54, 1.807) is 0 Å². The lowest BCUT2D eigenvalue weighted by atomic mass is 10.2. The van der Waals surface area contributed by atoms with Gasteiger partial charge in [-0.15, -0.1) is 0 Å². The van der Waals surface area contributed by atoms with Crippen LogP contribution in [-0.4, -0.2) is 48.1 Å². The van der Waals surface area contributed by atoms with Crippen molar-refractivity contribution in [2.75, 3.05) is 31.1 Å². The molecule has 90 valence electrons. The monoisotopic (exact) mass is 230 g/mol. The minimum Gasteiger partial charge on any atom is -0.313 e. The number of likely N-dealkylation sites (N-methyl/N-ethyl adjacent to an activating group) is 1. The Balaban J connectivity index is 2.15. The molecule has 0 spiro atoms. The quantitative estimate of drug-likeness (QED) is 0.675. The van der Waals surface area contributed by atoms with Crippen LogP contribution in [0.5, 0.6) is 0 Å². The van der Waals surface area contributed by atoms with Gasteiger partial charge in [0.25, 0.3) is 0 Å². The molecule has 1 aliphatic rings. The molecule has 0 aromatic carbocycles. The number of nitrogens with zero attached hydrogens (tertiary/aromatic N) is 1. The van der Waals surface area contributed by atoms with Gasteiger partial charge in [-0.1, -0.05) is 13.8 Å². The van der Waals surface area contributed by atoms with E-state index in [0.717, 1.165) is 18.6 Å². The Kier molecular flexibility index (Phi) is 6.69. The number of hydrogen-bond donors (Lipinski definition) is 1. The Hall–Kier alpha value is 0.270. The summed E-state index contributed by atoms with van der Waals surface area (Å²) in [5.74, 6) is 2.58. The molecule has 1 heterocycles. The predicted molar refractivity (Wildman–Crippen MR) is 70.7 cm³/mol. The van der Waals surface area contributed by atoms with E-state index in [0.29, 0.717) is 0 Å². The lowest BCUT2D eigenvalue weighted by molar-refractivity contribution is 0.248. The largest absolute Gasteiger partial charge is 0.313 e. The van der Waals surface area contributed by atoms with Crippen LogP contribution in [0.15, 0.2) is 0 Å². The van der Waals surface area contributed by atoms with Crippen molar-refractivity contribution < 1.29 is 0 Å². The highest BCUT2D eigenvalue weighted by Gasteiger charge is 2.24. The fourth-order valence-corrected chi connectivity index (χ4v) is 3.02. The van der Waals surface area contributed by atoms with Gasteiger partial charge >= 0.3 is 0 Å². The van der Waals surface area contributed by atoms with Gasteiger partial charge in [0.15, 0.2) is 0 Å². The molecule has 0 aliphatic carbocycles. The number of thioether (sulfide) groups is 1. The molecule has 0 aromatic heterocycles. The predicted octanol–water partition coefficient (Wildman–Crippen LogP) is 2.20. The first-order valence-corrected chi connectivity index (χ1v) is 7.48. The summed E-state index contributed by atoms with van der Waals surface area (Å²) in [7, 11) is 0. The Morgan fingerprint density at radius 1 is 1.47 bits per heavy atom. The molecular formula is C12H26N2S.